The molecule has 2 amide bonds. The monoisotopic (exact) mass is 435 g/mol. The maximum atomic E-state index is 13.0. The Morgan fingerprint density at radius 1 is 1.19 bits per heavy atom. The maximum Gasteiger partial charge on any atom is 0.254 e. The number of nitrogens with one attached hydrogen (secondary N) is 2. The number of benzene rings is 1. The highest BCUT2D eigenvalue weighted by atomic mass is 16.2. The van der Waals surface area contributed by atoms with Crippen molar-refractivity contribution in [3.8, 4) is 0 Å². The summed E-state index contributed by atoms with van der Waals surface area (Å²) in [6.45, 7) is 6.97. The van der Waals surface area contributed by atoms with Crippen molar-refractivity contribution in [1.29, 1.82) is 0 Å². The lowest BCUT2D eigenvalue weighted by Crippen LogP contribution is -2.52. The molecule has 3 heterocycles. The molecule has 9 heteroatoms. The van der Waals surface area contributed by atoms with Crippen LogP contribution in [0, 0.1) is 13.8 Å². The van der Waals surface area contributed by atoms with Crippen molar-refractivity contribution in [2.45, 2.75) is 52.1 Å². The highest BCUT2D eigenvalue weighted by molar-refractivity contribution is 5.87. The van der Waals surface area contributed by atoms with Crippen LogP contribution < -0.4 is 15.5 Å². The third-order valence-corrected chi connectivity index (χ3v) is 5.91. The Kier molecular flexibility index (Phi) is 6.34. The van der Waals surface area contributed by atoms with Crippen molar-refractivity contribution in [3.63, 3.8) is 0 Å². The number of amides is 2. The molecule has 1 aliphatic rings. The molecule has 0 saturated carbocycles. The zero-order chi connectivity index (χ0) is 22.7. The minimum absolute atomic E-state index is 0.0565. The van der Waals surface area contributed by atoms with Gasteiger partial charge in [0.15, 0.2) is 0 Å². The number of nitrogens with zero attached hydrogens (tertiary/aromatic N) is 5. The molecule has 1 atom stereocenters. The van der Waals surface area contributed by atoms with Gasteiger partial charge in [-0.05, 0) is 37.8 Å². The average molecular weight is 436 g/mol. The van der Waals surface area contributed by atoms with E-state index in [9.17, 15) is 9.59 Å². The van der Waals surface area contributed by atoms with E-state index in [1.54, 1.807) is 4.52 Å². The number of anilines is 1. The summed E-state index contributed by atoms with van der Waals surface area (Å²) in [6, 6.07) is 9.41. The van der Waals surface area contributed by atoms with Gasteiger partial charge in [-0.1, -0.05) is 24.3 Å². The van der Waals surface area contributed by atoms with Gasteiger partial charge in [-0.15, -0.1) is 0 Å². The van der Waals surface area contributed by atoms with Crippen LogP contribution in [0.15, 0.2) is 36.7 Å². The second kappa shape index (κ2) is 9.33. The van der Waals surface area contributed by atoms with Crippen LogP contribution in [0.3, 0.4) is 0 Å². The van der Waals surface area contributed by atoms with Crippen LogP contribution in [-0.2, 0) is 16.0 Å². The van der Waals surface area contributed by atoms with Crippen LogP contribution in [0.25, 0.3) is 5.78 Å². The van der Waals surface area contributed by atoms with Gasteiger partial charge < -0.3 is 15.5 Å². The number of aromatic nitrogens is 4. The first kappa shape index (κ1) is 21.7. The van der Waals surface area contributed by atoms with Crippen LogP contribution in [0.1, 0.15) is 36.6 Å². The third-order valence-electron chi connectivity index (χ3n) is 5.91. The quantitative estimate of drug-likeness (QED) is 0.609. The van der Waals surface area contributed by atoms with Crippen LogP contribution in [0.5, 0.6) is 0 Å². The zero-order valence-corrected chi connectivity index (χ0v) is 18.7. The van der Waals surface area contributed by atoms with Crippen molar-refractivity contribution in [2.24, 2.45) is 0 Å². The smallest absolute Gasteiger partial charge is 0.254 e. The molecule has 0 aliphatic carbocycles. The average Bonchev–Trinajstić information content (AvgIpc) is 3.23. The number of fused-ring (bicyclic) bond motifs is 1. The molecule has 0 spiro atoms. The maximum absolute atomic E-state index is 13.0. The Morgan fingerprint density at radius 3 is 2.66 bits per heavy atom. The Balaban J connectivity index is 1.39. The minimum atomic E-state index is -0.593. The predicted octanol–water partition coefficient (Wildman–Crippen LogP) is 1.57. The van der Waals surface area contributed by atoms with E-state index in [1.807, 2.05) is 44.2 Å². The van der Waals surface area contributed by atoms with E-state index in [2.05, 4.69) is 30.6 Å². The Morgan fingerprint density at radius 2 is 1.94 bits per heavy atom. The molecule has 32 heavy (non-hydrogen) atoms. The van der Waals surface area contributed by atoms with Crippen molar-refractivity contribution < 1.29 is 9.59 Å². The highest BCUT2D eigenvalue weighted by Crippen LogP contribution is 2.21. The minimum Gasteiger partial charge on any atom is -0.356 e. The number of hydrogen-bond acceptors (Lipinski definition) is 6. The summed E-state index contributed by atoms with van der Waals surface area (Å²) >= 11 is 0. The van der Waals surface area contributed by atoms with E-state index >= 15 is 0 Å². The van der Waals surface area contributed by atoms with Gasteiger partial charge >= 0.3 is 0 Å². The van der Waals surface area contributed by atoms with Gasteiger partial charge in [-0.2, -0.15) is 14.6 Å². The van der Waals surface area contributed by atoms with Crippen LogP contribution in [-0.4, -0.2) is 56.6 Å². The number of piperidine rings is 1. The molecule has 168 valence electrons. The van der Waals surface area contributed by atoms with Gasteiger partial charge in [0.1, 0.15) is 18.2 Å². The lowest BCUT2D eigenvalue weighted by Gasteiger charge is -2.34. The molecule has 1 saturated heterocycles. The number of aryl methyl sites for hydroxylation is 2. The highest BCUT2D eigenvalue weighted by Gasteiger charge is 2.27. The summed E-state index contributed by atoms with van der Waals surface area (Å²) in [6.07, 6.45) is 3.59. The molecule has 2 N–H and O–H groups in total. The van der Waals surface area contributed by atoms with Crippen LogP contribution >= 0.6 is 0 Å². The first-order valence-corrected chi connectivity index (χ1v) is 10.9. The summed E-state index contributed by atoms with van der Waals surface area (Å²) in [5, 5.41) is 10.3. The van der Waals surface area contributed by atoms with Crippen molar-refractivity contribution in [2.75, 3.05) is 18.0 Å². The lowest BCUT2D eigenvalue weighted by atomic mass is 9.99. The van der Waals surface area contributed by atoms with E-state index in [0.29, 0.717) is 12.2 Å². The summed E-state index contributed by atoms with van der Waals surface area (Å²) in [7, 11) is 0. The van der Waals surface area contributed by atoms with Crippen molar-refractivity contribution in [1.82, 2.24) is 30.2 Å². The fraction of sp³-hybridized carbons (Fsp3) is 0.435. The van der Waals surface area contributed by atoms with Gasteiger partial charge in [0.25, 0.3) is 5.78 Å². The predicted molar refractivity (Wildman–Crippen MR) is 121 cm³/mol. The fourth-order valence-corrected chi connectivity index (χ4v) is 4.20. The molecule has 0 bridgehead atoms. The van der Waals surface area contributed by atoms with Gasteiger partial charge in [0.2, 0.25) is 11.8 Å². The Labute approximate surface area is 187 Å². The van der Waals surface area contributed by atoms with Crippen LogP contribution in [0.4, 0.5) is 5.82 Å². The topological polar surface area (TPSA) is 105 Å². The molecular formula is C23H29N7O2. The summed E-state index contributed by atoms with van der Waals surface area (Å²) in [5.74, 6) is 1.20. The number of carbonyl (C=O) groups excluding carboxylic acids is 2. The molecule has 1 unspecified atom stereocenters. The van der Waals surface area contributed by atoms with E-state index in [-0.39, 0.29) is 17.9 Å². The lowest BCUT2D eigenvalue weighted by molar-refractivity contribution is -0.128. The zero-order valence-electron chi connectivity index (χ0n) is 18.7. The molecular weight excluding hydrogens is 406 g/mol. The molecule has 1 aromatic carbocycles. The second-order valence-corrected chi connectivity index (χ2v) is 8.38. The third kappa shape index (κ3) is 4.87. The molecule has 9 nitrogen and oxygen atoms in total. The van der Waals surface area contributed by atoms with Gasteiger partial charge in [0, 0.05) is 44.2 Å². The number of carbonyl (C=O) groups is 2. The Bertz CT molecular complexity index is 1120. The molecule has 2 aromatic heterocycles. The van der Waals surface area contributed by atoms with E-state index in [0.717, 1.165) is 48.6 Å². The number of hydrogen-bond donors (Lipinski definition) is 2. The fourth-order valence-electron chi connectivity index (χ4n) is 4.20. The SMILES string of the molecule is CC(=O)NC(Cc1ccccc1C)C(=O)NC1CCN(c2cc(C)nc3ncnn23)CC1. The standard InChI is InChI=1S/C23H29N7O2/c1-15-6-4-5-7-18(15)13-20(27-17(3)31)22(32)28-19-8-10-29(11-9-19)21-12-16(2)26-23-24-14-25-30(21)23/h4-7,12,14,19-20H,8-11,13H2,1-3H3,(H,27,31)(H,28,32). The van der Waals surface area contributed by atoms with Crippen molar-refractivity contribution >= 4 is 23.4 Å². The molecule has 1 aliphatic heterocycles. The summed E-state index contributed by atoms with van der Waals surface area (Å²) < 4.78 is 1.75. The first-order chi connectivity index (χ1) is 15.4. The molecule has 1 fully saturated rings. The van der Waals surface area contributed by atoms with E-state index in [1.165, 1.54) is 13.3 Å². The van der Waals surface area contributed by atoms with Gasteiger partial charge in [-0.3, -0.25) is 9.59 Å². The van der Waals surface area contributed by atoms with Crippen molar-refractivity contribution in [3.05, 3.63) is 53.5 Å². The normalized spacial score (nSPS) is 15.5. The largest absolute Gasteiger partial charge is 0.356 e. The summed E-state index contributed by atoms with van der Waals surface area (Å²) in [4.78, 5) is 35.6. The first-order valence-electron chi connectivity index (χ1n) is 10.9. The number of rotatable bonds is 6. The van der Waals surface area contributed by atoms with Gasteiger partial charge in [-0.25, -0.2) is 4.98 Å². The van der Waals surface area contributed by atoms with E-state index in [4.69, 9.17) is 0 Å². The molecule has 0 radical (unpaired) electrons. The van der Waals surface area contributed by atoms with Gasteiger partial charge in [0.05, 0.1) is 0 Å². The summed E-state index contributed by atoms with van der Waals surface area (Å²) in [5.41, 5.74) is 3.06. The van der Waals surface area contributed by atoms with Crippen LogP contribution in [0.2, 0.25) is 0 Å². The molecule has 4 rings (SSSR count). The Hall–Kier alpha value is -3.49. The molecule has 3 aromatic rings. The second-order valence-electron chi connectivity index (χ2n) is 8.38. The van der Waals surface area contributed by atoms with E-state index < -0.39 is 6.04 Å².